The molecule has 23 heavy (non-hydrogen) atoms. The van der Waals surface area contributed by atoms with Gasteiger partial charge in [-0.15, -0.1) is 0 Å². The minimum Gasteiger partial charge on any atom is -0.383 e. The molecule has 1 aromatic carbocycles. The Morgan fingerprint density at radius 2 is 1.91 bits per heavy atom. The van der Waals surface area contributed by atoms with Crippen molar-refractivity contribution in [1.82, 2.24) is 16.0 Å². The Morgan fingerprint density at radius 3 is 2.57 bits per heavy atom. The molecular weight excluding hydrogens is 339 g/mol. The van der Waals surface area contributed by atoms with Gasteiger partial charge in [0.05, 0.1) is 23.2 Å². The van der Waals surface area contributed by atoms with Gasteiger partial charge in [0.15, 0.2) is 5.96 Å². The SMILES string of the molecule is CCNC(=NCCOC)NCCNC(=O)c1ccc(Cl)c(Cl)c1. The van der Waals surface area contributed by atoms with Crippen LogP contribution < -0.4 is 16.0 Å². The average molecular weight is 361 g/mol. The van der Waals surface area contributed by atoms with E-state index in [1.807, 2.05) is 6.92 Å². The molecule has 0 unspecified atom stereocenters. The first-order chi connectivity index (χ1) is 11.1. The first kappa shape index (κ1) is 19.5. The minimum absolute atomic E-state index is 0.202. The van der Waals surface area contributed by atoms with Crippen LogP contribution in [0.15, 0.2) is 23.2 Å². The maximum atomic E-state index is 12.0. The summed E-state index contributed by atoms with van der Waals surface area (Å²) in [7, 11) is 1.63. The second-order valence-corrected chi connectivity index (χ2v) is 5.38. The van der Waals surface area contributed by atoms with Gasteiger partial charge in [0, 0.05) is 32.3 Å². The third-order valence-corrected chi connectivity index (χ3v) is 3.53. The summed E-state index contributed by atoms with van der Waals surface area (Å²) in [6.07, 6.45) is 0. The molecule has 0 bridgehead atoms. The molecule has 8 heteroatoms. The summed E-state index contributed by atoms with van der Waals surface area (Å²) in [4.78, 5) is 16.3. The summed E-state index contributed by atoms with van der Waals surface area (Å²) in [5.74, 6) is 0.486. The van der Waals surface area contributed by atoms with Gasteiger partial charge < -0.3 is 20.7 Å². The van der Waals surface area contributed by atoms with Crippen LogP contribution in [0.2, 0.25) is 10.0 Å². The predicted octanol–water partition coefficient (Wildman–Crippen LogP) is 1.92. The van der Waals surface area contributed by atoms with Gasteiger partial charge in [-0.25, -0.2) is 0 Å². The lowest BCUT2D eigenvalue weighted by atomic mass is 10.2. The highest BCUT2D eigenvalue weighted by molar-refractivity contribution is 6.42. The van der Waals surface area contributed by atoms with Crippen LogP contribution in [0.5, 0.6) is 0 Å². The fourth-order valence-corrected chi connectivity index (χ4v) is 1.98. The van der Waals surface area contributed by atoms with E-state index in [0.717, 1.165) is 6.54 Å². The fraction of sp³-hybridized carbons (Fsp3) is 0.467. The molecule has 0 aliphatic carbocycles. The highest BCUT2D eigenvalue weighted by Crippen LogP contribution is 2.22. The van der Waals surface area contributed by atoms with Crippen LogP contribution in [0.4, 0.5) is 0 Å². The molecule has 0 aliphatic rings. The number of nitrogens with zero attached hydrogens (tertiary/aromatic N) is 1. The van der Waals surface area contributed by atoms with E-state index in [4.69, 9.17) is 27.9 Å². The topological polar surface area (TPSA) is 74.8 Å². The lowest BCUT2D eigenvalue weighted by Crippen LogP contribution is -2.41. The highest BCUT2D eigenvalue weighted by atomic mass is 35.5. The van der Waals surface area contributed by atoms with Crippen molar-refractivity contribution in [2.45, 2.75) is 6.92 Å². The molecule has 1 rings (SSSR count). The molecule has 0 saturated heterocycles. The second-order valence-electron chi connectivity index (χ2n) is 4.57. The molecule has 0 radical (unpaired) electrons. The van der Waals surface area contributed by atoms with Crippen LogP contribution in [-0.4, -0.2) is 51.8 Å². The second kappa shape index (κ2) is 11.1. The highest BCUT2D eigenvalue weighted by Gasteiger charge is 2.07. The number of nitrogens with one attached hydrogen (secondary N) is 3. The van der Waals surface area contributed by atoms with Gasteiger partial charge in [0.1, 0.15) is 0 Å². The van der Waals surface area contributed by atoms with Crippen LogP contribution in [0.3, 0.4) is 0 Å². The summed E-state index contributed by atoms with van der Waals surface area (Å²) in [5, 5.41) is 9.82. The minimum atomic E-state index is -0.202. The lowest BCUT2D eigenvalue weighted by molar-refractivity contribution is 0.0954. The third kappa shape index (κ3) is 7.54. The van der Waals surface area contributed by atoms with Crippen molar-refractivity contribution in [3.05, 3.63) is 33.8 Å². The zero-order valence-electron chi connectivity index (χ0n) is 13.3. The molecule has 0 fully saturated rings. The molecule has 0 saturated carbocycles. The van der Waals surface area contributed by atoms with E-state index in [1.165, 1.54) is 0 Å². The Hall–Kier alpha value is -1.50. The molecule has 3 N–H and O–H groups in total. The van der Waals surface area contributed by atoms with Crippen molar-refractivity contribution >= 4 is 35.1 Å². The summed E-state index contributed by atoms with van der Waals surface area (Å²) in [6.45, 7) is 4.87. The molecule has 6 nitrogen and oxygen atoms in total. The maximum Gasteiger partial charge on any atom is 0.251 e. The first-order valence-corrected chi connectivity index (χ1v) is 8.08. The number of rotatable bonds is 8. The van der Waals surface area contributed by atoms with E-state index in [9.17, 15) is 4.79 Å². The van der Waals surface area contributed by atoms with E-state index in [2.05, 4.69) is 20.9 Å². The van der Waals surface area contributed by atoms with Gasteiger partial charge in [0.2, 0.25) is 0 Å². The molecule has 1 amide bonds. The summed E-state index contributed by atoms with van der Waals surface area (Å²) in [5.41, 5.74) is 0.472. The number of hydrogen-bond acceptors (Lipinski definition) is 3. The van der Waals surface area contributed by atoms with E-state index >= 15 is 0 Å². The third-order valence-electron chi connectivity index (χ3n) is 2.79. The monoisotopic (exact) mass is 360 g/mol. The summed E-state index contributed by atoms with van der Waals surface area (Å²) in [6, 6.07) is 4.78. The van der Waals surface area contributed by atoms with Crippen molar-refractivity contribution in [2.24, 2.45) is 4.99 Å². The number of amides is 1. The first-order valence-electron chi connectivity index (χ1n) is 7.32. The molecule has 0 heterocycles. The Morgan fingerprint density at radius 1 is 1.17 bits per heavy atom. The molecule has 128 valence electrons. The average Bonchev–Trinajstić information content (AvgIpc) is 2.54. The van der Waals surface area contributed by atoms with Crippen LogP contribution in [-0.2, 0) is 4.74 Å². The number of carbonyl (C=O) groups is 1. The van der Waals surface area contributed by atoms with Gasteiger partial charge in [-0.2, -0.15) is 0 Å². The maximum absolute atomic E-state index is 12.0. The Labute approximate surface area is 146 Å². The standard InChI is InChI=1S/C15H22Cl2N4O2/c1-3-18-15(21-8-9-23-2)20-7-6-19-14(22)11-4-5-12(16)13(17)10-11/h4-5,10H,3,6-9H2,1-2H3,(H,19,22)(H2,18,20,21). The number of ether oxygens (including phenoxy) is 1. The predicted molar refractivity (Wildman–Crippen MR) is 94.7 cm³/mol. The number of guanidine groups is 1. The van der Waals surface area contributed by atoms with Crippen LogP contribution >= 0.6 is 23.2 Å². The van der Waals surface area contributed by atoms with Crippen molar-refractivity contribution in [3.8, 4) is 0 Å². The van der Waals surface area contributed by atoms with Gasteiger partial charge in [-0.1, -0.05) is 23.2 Å². The van der Waals surface area contributed by atoms with Crippen LogP contribution in [0, 0.1) is 0 Å². The number of aliphatic imine (C=N–C) groups is 1. The Balaban J connectivity index is 2.38. The van der Waals surface area contributed by atoms with Crippen molar-refractivity contribution in [2.75, 3.05) is 39.9 Å². The Bertz CT molecular complexity index is 538. The van der Waals surface area contributed by atoms with Crippen LogP contribution in [0.1, 0.15) is 17.3 Å². The number of carbonyl (C=O) groups excluding carboxylic acids is 1. The largest absolute Gasteiger partial charge is 0.383 e. The van der Waals surface area contributed by atoms with E-state index in [0.29, 0.717) is 47.8 Å². The fourth-order valence-electron chi connectivity index (χ4n) is 1.69. The quantitative estimate of drug-likeness (QED) is 0.376. The summed E-state index contributed by atoms with van der Waals surface area (Å²) < 4.78 is 4.95. The Kier molecular flexibility index (Phi) is 9.43. The normalized spacial score (nSPS) is 11.2. The molecule has 0 spiro atoms. The van der Waals surface area contributed by atoms with E-state index in [1.54, 1.807) is 25.3 Å². The zero-order valence-corrected chi connectivity index (χ0v) is 14.8. The molecule has 0 aliphatic heterocycles. The van der Waals surface area contributed by atoms with Crippen molar-refractivity contribution < 1.29 is 9.53 Å². The van der Waals surface area contributed by atoms with Gasteiger partial charge in [0.25, 0.3) is 5.91 Å². The molecule has 0 atom stereocenters. The van der Waals surface area contributed by atoms with E-state index in [-0.39, 0.29) is 5.91 Å². The molecule has 1 aromatic rings. The van der Waals surface area contributed by atoms with Crippen molar-refractivity contribution in [1.29, 1.82) is 0 Å². The van der Waals surface area contributed by atoms with Crippen molar-refractivity contribution in [3.63, 3.8) is 0 Å². The van der Waals surface area contributed by atoms with Crippen LogP contribution in [0.25, 0.3) is 0 Å². The smallest absolute Gasteiger partial charge is 0.251 e. The van der Waals surface area contributed by atoms with Gasteiger partial charge in [-0.3, -0.25) is 9.79 Å². The van der Waals surface area contributed by atoms with Gasteiger partial charge in [-0.05, 0) is 25.1 Å². The zero-order chi connectivity index (χ0) is 17.1. The molecule has 0 aromatic heterocycles. The number of methoxy groups -OCH3 is 1. The number of hydrogen-bond donors (Lipinski definition) is 3. The molecular formula is C15H22Cl2N4O2. The van der Waals surface area contributed by atoms with Gasteiger partial charge >= 0.3 is 0 Å². The lowest BCUT2D eigenvalue weighted by Gasteiger charge is -2.12. The summed E-state index contributed by atoms with van der Waals surface area (Å²) >= 11 is 11.7. The number of halogens is 2. The number of benzene rings is 1. The van der Waals surface area contributed by atoms with E-state index < -0.39 is 0 Å².